The molecule has 1 aliphatic rings. The molecule has 0 amide bonds. The van der Waals surface area contributed by atoms with Crippen LogP contribution in [-0.2, 0) is 20.8 Å². The summed E-state index contributed by atoms with van der Waals surface area (Å²) in [5.41, 5.74) is 1.16. The average Bonchev–Trinajstić information content (AvgIpc) is 3.04. The number of methoxy groups -OCH3 is 2. The molecule has 124 valence electrons. The Morgan fingerprint density at radius 3 is 2.55 bits per heavy atom. The summed E-state index contributed by atoms with van der Waals surface area (Å²) >= 11 is 0. The van der Waals surface area contributed by atoms with E-state index in [1.165, 1.54) is 6.42 Å². The van der Waals surface area contributed by atoms with Gasteiger partial charge in [-0.05, 0) is 30.5 Å². The van der Waals surface area contributed by atoms with Crippen molar-refractivity contribution in [2.24, 2.45) is 0 Å². The van der Waals surface area contributed by atoms with Gasteiger partial charge in [0.1, 0.15) is 5.75 Å². The van der Waals surface area contributed by atoms with Crippen molar-refractivity contribution in [2.45, 2.75) is 64.1 Å². The lowest BCUT2D eigenvalue weighted by Crippen LogP contribution is -2.29. The summed E-state index contributed by atoms with van der Waals surface area (Å²) in [5, 5.41) is 0. The van der Waals surface area contributed by atoms with Gasteiger partial charge in [-0.25, -0.2) is 0 Å². The summed E-state index contributed by atoms with van der Waals surface area (Å²) in [4.78, 5) is 0. The highest BCUT2D eigenvalue weighted by Gasteiger charge is 2.32. The Morgan fingerprint density at radius 2 is 1.95 bits per heavy atom. The Labute approximate surface area is 133 Å². The number of benzene rings is 1. The van der Waals surface area contributed by atoms with E-state index in [-0.39, 0.29) is 18.5 Å². The predicted octanol–water partition coefficient (Wildman–Crippen LogP) is 3.92. The molecule has 0 unspecified atom stereocenters. The molecule has 1 aromatic carbocycles. The number of hydrogen-bond acceptors (Lipinski definition) is 4. The van der Waals surface area contributed by atoms with Crippen molar-refractivity contribution in [3.63, 3.8) is 0 Å². The molecule has 1 fully saturated rings. The van der Waals surface area contributed by atoms with Gasteiger partial charge in [-0.1, -0.05) is 31.9 Å². The minimum Gasteiger partial charge on any atom is -0.497 e. The number of unbranched alkanes of at least 4 members (excludes halogenated alkanes) is 1. The fraction of sp³-hybridized carbons (Fsp3) is 0.667. The molecule has 0 saturated carbocycles. The zero-order valence-corrected chi connectivity index (χ0v) is 13.9. The van der Waals surface area contributed by atoms with Crippen LogP contribution in [0.2, 0.25) is 0 Å². The molecule has 0 spiro atoms. The Morgan fingerprint density at radius 1 is 1.18 bits per heavy atom. The summed E-state index contributed by atoms with van der Waals surface area (Å²) in [6, 6.07) is 8.02. The van der Waals surface area contributed by atoms with E-state index in [1.54, 1.807) is 14.2 Å². The summed E-state index contributed by atoms with van der Waals surface area (Å²) in [6.45, 7) is 2.81. The minimum atomic E-state index is -0.0706. The lowest BCUT2D eigenvalue weighted by molar-refractivity contribution is -0.152. The number of ether oxygens (including phenoxy) is 4. The van der Waals surface area contributed by atoms with E-state index in [4.69, 9.17) is 18.9 Å². The topological polar surface area (TPSA) is 36.9 Å². The molecule has 0 aliphatic carbocycles. The van der Waals surface area contributed by atoms with Gasteiger partial charge in [0, 0.05) is 13.5 Å². The van der Waals surface area contributed by atoms with Crippen LogP contribution in [0.1, 0.15) is 44.6 Å². The summed E-state index contributed by atoms with van der Waals surface area (Å²) in [6.07, 6.45) is 5.54. The van der Waals surface area contributed by atoms with Gasteiger partial charge in [-0.2, -0.15) is 0 Å². The molecule has 2 rings (SSSR count). The molecule has 1 saturated heterocycles. The molecule has 0 radical (unpaired) electrons. The van der Waals surface area contributed by atoms with E-state index < -0.39 is 0 Å². The lowest BCUT2D eigenvalue weighted by Gasteiger charge is -2.24. The second-order valence-electron chi connectivity index (χ2n) is 5.76. The molecular formula is C18H28O4. The van der Waals surface area contributed by atoms with Gasteiger partial charge in [-0.15, -0.1) is 0 Å². The third kappa shape index (κ3) is 4.97. The first-order chi connectivity index (χ1) is 10.8. The molecule has 1 heterocycles. The first kappa shape index (κ1) is 17.3. The Kier molecular flexibility index (Phi) is 7.16. The summed E-state index contributed by atoms with van der Waals surface area (Å²) < 4.78 is 22.6. The highest BCUT2D eigenvalue weighted by Crippen LogP contribution is 2.27. The second-order valence-corrected chi connectivity index (χ2v) is 5.76. The molecular weight excluding hydrogens is 280 g/mol. The van der Waals surface area contributed by atoms with Crippen LogP contribution < -0.4 is 4.74 Å². The third-order valence-electron chi connectivity index (χ3n) is 4.16. The van der Waals surface area contributed by atoms with Gasteiger partial charge in [-0.3, -0.25) is 0 Å². The summed E-state index contributed by atoms with van der Waals surface area (Å²) in [5.74, 6) is 0.869. The maximum absolute atomic E-state index is 6.16. The van der Waals surface area contributed by atoms with E-state index in [9.17, 15) is 0 Å². The van der Waals surface area contributed by atoms with Crippen LogP contribution in [-0.4, -0.2) is 32.7 Å². The van der Waals surface area contributed by atoms with Crippen LogP contribution in [0.5, 0.6) is 5.75 Å². The van der Waals surface area contributed by atoms with Crippen molar-refractivity contribution in [1.29, 1.82) is 0 Å². The Hall–Kier alpha value is -1.10. The van der Waals surface area contributed by atoms with Crippen LogP contribution in [0.4, 0.5) is 0 Å². The van der Waals surface area contributed by atoms with Gasteiger partial charge in [0.2, 0.25) is 0 Å². The van der Waals surface area contributed by atoms with Crippen LogP contribution in [0.25, 0.3) is 0 Å². The maximum atomic E-state index is 6.16. The van der Waals surface area contributed by atoms with E-state index in [1.807, 2.05) is 24.3 Å². The molecule has 0 aromatic heterocycles. The molecule has 1 aromatic rings. The van der Waals surface area contributed by atoms with E-state index in [0.29, 0.717) is 6.61 Å². The van der Waals surface area contributed by atoms with Crippen LogP contribution in [0.3, 0.4) is 0 Å². The van der Waals surface area contributed by atoms with Gasteiger partial charge in [0.15, 0.2) is 6.29 Å². The van der Waals surface area contributed by atoms with Gasteiger partial charge in [0.25, 0.3) is 0 Å². The van der Waals surface area contributed by atoms with Crippen molar-refractivity contribution in [3.8, 4) is 5.75 Å². The van der Waals surface area contributed by atoms with Crippen LogP contribution in [0, 0.1) is 0 Å². The highest BCUT2D eigenvalue weighted by molar-refractivity contribution is 5.26. The molecule has 4 nitrogen and oxygen atoms in total. The van der Waals surface area contributed by atoms with Crippen LogP contribution in [0.15, 0.2) is 24.3 Å². The fourth-order valence-electron chi connectivity index (χ4n) is 2.79. The van der Waals surface area contributed by atoms with Crippen molar-refractivity contribution >= 4 is 0 Å². The van der Waals surface area contributed by atoms with Gasteiger partial charge < -0.3 is 18.9 Å². The quantitative estimate of drug-likeness (QED) is 0.693. The normalized spacial score (nSPS) is 22.7. The van der Waals surface area contributed by atoms with Gasteiger partial charge in [0.05, 0.1) is 25.9 Å². The zero-order valence-electron chi connectivity index (χ0n) is 13.9. The fourth-order valence-corrected chi connectivity index (χ4v) is 2.79. The highest BCUT2D eigenvalue weighted by atomic mass is 16.7. The first-order valence-electron chi connectivity index (χ1n) is 8.19. The van der Waals surface area contributed by atoms with Crippen molar-refractivity contribution in [1.82, 2.24) is 0 Å². The summed E-state index contributed by atoms with van der Waals surface area (Å²) in [7, 11) is 3.38. The van der Waals surface area contributed by atoms with Crippen molar-refractivity contribution in [3.05, 3.63) is 29.8 Å². The minimum absolute atomic E-state index is 0.0706. The monoisotopic (exact) mass is 308 g/mol. The first-order valence-corrected chi connectivity index (χ1v) is 8.19. The van der Waals surface area contributed by atoms with E-state index >= 15 is 0 Å². The SMILES string of the molecule is CCCC[C@H](OCc1ccc(OC)cc1)[C@@H]1CC[C@H](OC)O1. The smallest absolute Gasteiger partial charge is 0.157 e. The Bertz CT molecular complexity index is 418. The standard InChI is InChI=1S/C18H28O4/c1-4-5-6-16(17-11-12-18(20-3)22-17)21-13-14-7-9-15(19-2)10-8-14/h7-10,16-18H,4-6,11-13H2,1-3H3/t16-,17-,18+/m0/s1. The lowest BCUT2D eigenvalue weighted by atomic mass is 10.0. The zero-order chi connectivity index (χ0) is 15.8. The third-order valence-corrected chi connectivity index (χ3v) is 4.16. The van der Waals surface area contributed by atoms with Crippen molar-refractivity contribution < 1.29 is 18.9 Å². The molecule has 4 heteroatoms. The predicted molar refractivity (Wildman–Crippen MR) is 86.0 cm³/mol. The largest absolute Gasteiger partial charge is 0.497 e. The number of rotatable bonds is 9. The van der Waals surface area contributed by atoms with Crippen molar-refractivity contribution in [2.75, 3.05) is 14.2 Å². The average molecular weight is 308 g/mol. The molecule has 22 heavy (non-hydrogen) atoms. The molecule has 0 bridgehead atoms. The molecule has 3 atom stereocenters. The van der Waals surface area contributed by atoms with E-state index in [0.717, 1.165) is 37.0 Å². The maximum Gasteiger partial charge on any atom is 0.157 e. The molecule has 1 aliphatic heterocycles. The van der Waals surface area contributed by atoms with E-state index in [2.05, 4.69) is 6.92 Å². The Balaban J connectivity index is 1.88. The van der Waals surface area contributed by atoms with Crippen LogP contribution >= 0.6 is 0 Å². The molecule has 0 N–H and O–H groups in total. The second kappa shape index (κ2) is 9.13. The van der Waals surface area contributed by atoms with Gasteiger partial charge >= 0.3 is 0 Å². The number of hydrogen-bond donors (Lipinski definition) is 0.